The van der Waals surface area contributed by atoms with Gasteiger partial charge in [-0.25, -0.2) is 0 Å². The van der Waals surface area contributed by atoms with Crippen molar-refractivity contribution in [1.29, 1.82) is 0 Å². The summed E-state index contributed by atoms with van der Waals surface area (Å²) in [6.07, 6.45) is 8.25. The summed E-state index contributed by atoms with van der Waals surface area (Å²) in [5.41, 5.74) is 3.75. The van der Waals surface area contributed by atoms with Crippen molar-refractivity contribution in [2.75, 3.05) is 5.32 Å². The lowest BCUT2D eigenvalue weighted by molar-refractivity contribution is 0.102. The number of hydrogen-bond acceptors (Lipinski definition) is 2. The molecule has 1 aliphatic carbocycles. The van der Waals surface area contributed by atoms with Gasteiger partial charge >= 0.3 is 0 Å². The Bertz CT molecular complexity index is 1010. The molecule has 1 amide bonds. The van der Waals surface area contributed by atoms with Gasteiger partial charge in [0.05, 0.1) is 6.54 Å². The molecule has 1 N–H and O–H groups in total. The first-order valence-electron chi connectivity index (χ1n) is 10.3. The summed E-state index contributed by atoms with van der Waals surface area (Å²) >= 11 is 0. The molecule has 0 saturated heterocycles. The summed E-state index contributed by atoms with van der Waals surface area (Å²) in [4.78, 5) is 24.4. The highest BCUT2D eigenvalue weighted by Crippen LogP contribution is 2.32. The second kappa shape index (κ2) is 8.91. The zero-order valence-corrected chi connectivity index (χ0v) is 16.5. The van der Waals surface area contributed by atoms with E-state index in [1.807, 2.05) is 42.5 Å². The Morgan fingerprint density at radius 1 is 0.897 bits per heavy atom. The average molecular weight is 386 g/mol. The lowest BCUT2D eigenvalue weighted by atomic mass is 9.84. The van der Waals surface area contributed by atoms with Gasteiger partial charge in [0.25, 0.3) is 11.5 Å². The Kier molecular flexibility index (Phi) is 5.89. The molecule has 1 aliphatic rings. The van der Waals surface area contributed by atoms with Crippen LogP contribution >= 0.6 is 0 Å². The van der Waals surface area contributed by atoms with Crippen molar-refractivity contribution in [3.05, 3.63) is 100.0 Å². The number of carbonyl (C=O) groups excluding carboxylic acids is 1. The highest BCUT2D eigenvalue weighted by molar-refractivity contribution is 6.04. The van der Waals surface area contributed by atoms with E-state index >= 15 is 0 Å². The van der Waals surface area contributed by atoms with Gasteiger partial charge in [0.2, 0.25) is 0 Å². The van der Waals surface area contributed by atoms with Crippen molar-refractivity contribution in [3.8, 4) is 0 Å². The van der Waals surface area contributed by atoms with E-state index in [1.165, 1.54) is 37.7 Å². The number of benzene rings is 2. The van der Waals surface area contributed by atoms with E-state index < -0.39 is 0 Å². The second-order valence-electron chi connectivity index (χ2n) is 7.77. The maximum Gasteiger partial charge on any atom is 0.255 e. The molecular formula is C25H26N2O2. The number of hydrogen-bond donors (Lipinski definition) is 1. The molecule has 29 heavy (non-hydrogen) atoms. The van der Waals surface area contributed by atoms with Crippen LogP contribution in [0, 0.1) is 0 Å². The number of nitrogens with zero attached hydrogens (tertiary/aromatic N) is 1. The predicted molar refractivity (Wildman–Crippen MR) is 116 cm³/mol. The average Bonchev–Trinajstić information content (AvgIpc) is 2.77. The standard InChI is InChI=1S/C25H26N2O2/c28-24-8-4-5-17-27(24)18-19-9-15-23(16-10-19)26-25(29)22-13-11-21(12-14-22)20-6-2-1-3-7-20/h4-5,8-17,20H,1-3,6-7,18H2,(H,26,29). The van der Waals surface area contributed by atoms with Gasteiger partial charge in [-0.15, -0.1) is 0 Å². The summed E-state index contributed by atoms with van der Waals surface area (Å²) in [7, 11) is 0. The fourth-order valence-corrected chi connectivity index (χ4v) is 4.03. The van der Waals surface area contributed by atoms with Crippen molar-refractivity contribution in [2.45, 2.75) is 44.6 Å². The molecule has 0 atom stereocenters. The van der Waals surface area contributed by atoms with E-state index in [9.17, 15) is 9.59 Å². The van der Waals surface area contributed by atoms with Crippen LogP contribution in [-0.4, -0.2) is 10.5 Å². The molecule has 1 fully saturated rings. The van der Waals surface area contributed by atoms with Crippen LogP contribution in [0.25, 0.3) is 0 Å². The first-order chi connectivity index (χ1) is 14.2. The summed E-state index contributed by atoms with van der Waals surface area (Å²) in [5.74, 6) is 0.540. The molecule has 0 radical (unpaired) electrons. The van der Waals surface area contributed by atoms with Gasteiger partial charge in [-0.1, -0.05) is 49.6 Å². The van der Waals surface area contributed by atoms with E-state index in [-0.39, 0.29) is 11.5 Å². The molecule has 4 nitrogen and oxygen atoms in total. The fraction of sp³-hybridized carbons (Fsp3) is 0.280. The van der Waals surface area contributed by atoms with E-state index in [4.69, 9.17) is 0 Å². The number of rotatable bonds is 5. The number of aromatic nitrogens is 1. The SMILES string of the molecule is O=C(Nc1ccc(Cn2ccccc2=O)cc1)c1ccc(C2CCCCC2)cc1. The van der Waals surface area contributed by atoms with Crippen LogP contribution in [0.1, 0.15) is 59.5 Å². The normalized spacial score (nSPS) is 14.5. The number of amides is 1. The molecule has 0 unspecified atom stereocenters. The summed E-state index contributed by atoms with van der Waals surface area (Å²) in [6.45, 7) is 0.510. The zero-order valence-electron chi connectivity index (χ0n) is 16.5. The minimum absolute atomic E-state index is 0.0263. The smallest absolute Gasteiger partial charge is 0.255 e. The highest BCUT2D eigenvalue weighted by Gasteiger charge is 2.16. The summed E-state index contributed by atoms with van der Waals surface area (Å²) in [6, 6.07) is 20.8. The van der Waals surface area contributed by atoms with Gasteiger partial charge in [-0.3, -0.25) is 9.59 Å². The molecule has 4 rings (SSSR count). The van der Waals surface area contributed by atoms with Crippen LogP contribution < -0.4 is 10.9 Å². The van der Waals surface area contributed by atoms with Gasteiger partial charge < -0.3 is 9.88 Å². The van der Waals surface area contributed by atoms with Crippen molar-refractivity contribution in [1.82, 2.24) is 4.57 Å². The quantitative estimate of drug-likeness (QED) is 0.655. The van der Waals surface area contributed by atoms with Gasteiger partial charge in [0, 0.05) is 23.5 Å². The third-order valence-electron chi connectivity index (χ3n) is 5.71. The summed E-state index contributed by atoms with van der Waals surface area (Å²) < 4.78 is 1.65. The number of carbonyl (C=O) groups is 1. The van der Waals surface area contributed by atoms with Crippen LogP contribution in [0.3, 0.4) is 0 Å². The van der Waals surface area contributed by atoms with Crippen molar-refractivity contribution >= 4 is 11.6 Å². The van der Waals surface area contributed by atoms with Crippen molar-refractivity contribution < 1.29 is 4.79 Å². The topological polar surface area (TPSA) is 51.1 Å². The minimum atomic E-state index is -0.104. The first kappa shape index (κ1) is 19.2. The van der Waals surface area contributed by atoms with Crippen molar-refractivity contribution in [3.63, 3.8) is 0 Å². The maximum absolute atomic E-state index is 12.6. The molecule has 1 aromatic heterocycles. The molecule has 0 aliphatic heterocycles. The van der Waals surface area contributed by atoms with Gasteiger partial charge in [-0.2, -0.15) is 0 Å². The molecule has 2 aromatic carbocycles. The second-order valence-corrected chi connectivity index (χ2v) is 7.77. The van der Waals surface area contributed by atoms with Gasteiger partial charge in [0.15, 0.2) is 0 Å². The lowest BCUT2D eigenvalue weighted by Gasteiger charge is -2.22. The third kappa shape index (κ3) is 4.83. The van der Waals surface area contributed by atoms with Crippen LogP contribution in [0.4, 0.5) is 5.69 Å². The molecule has 0 bridgehead atoms. The maximum atomic E-state index is 12.6. The van der Waals surface area contributed by atoms with E-state index in [0.717, 1.165) is 11.3 Å². The van der Waals surface area contributed by atoms with Crippen LogP contribution in [0.15, 0.2) is 77.7 Å². The number of nitrogens with one attached hydrogen (secondary N) is 1. The molecule has 0 spiro atoms. The lowest BCUT2D eigenvalue weighted by Crippen LogP contribution is -2.18. The highest BCUT2D eigenvalue weighted by atomic mass is 16.1. The summed E-state index contributed by atoms with van der Waals surface area (Å²) in [5, 5.41) is 2.95. The fourth-order valence-electron chi connectivity index (χ4n) is 4.03. The van der Waals surface area contributed by atoms with Crippen LogP contribution in [0.5, 0.6) is 0 Å². The molecule has 3 aromatic rings. The molecule has 4 heteroatoms. The van der Waals surface area contributed by atoms with Gasteiger partial charge in [-0.05, 0) is 60.2 Å². The minimum Gasteiger partial charge on any atom is -0.322 e. The predicted octanol–water partition coefficient (Wildman–Crippen LogP) is 5.20. The van der Waals surface area contributed by atoms with E-state index in [1.54, 1.807) is 22.9 Å². The largest absolute Gasteiger partial charge is 0.322 e. The molecule has 148 valence electrons. The van der Waals surface area contributed by atoms with E-state index in [2.05, 4.69) is 17.4 Å². The monoisotopic (exact) mass is 386 g/mol. The molecule has 1 saturated carbocycles. The Hall–Kier alpha value is -3.14. The molecule has 1 heterocycles. The third-order valence-corrected chi connectivity index (χ3v) is 5.71. The molecular weight excluding hydrogens is 360 g/mol. The Balaban J connectivity index is 1.38. The van der Waals surface area contributed by atoms with Gasteiger partial charge in [0.1, 0.15) is 0 Å². The number of anilines is 1. The van der Waals surface area contributed by atoms with E-state index in [0.29, 0.717) is 18.0 Å². The Morgan fingerprint density at radius 3 is 2.31 bits per heavy atom. The van der Waals surface area contributed by atoms with Crippen molar-refractivity contribution in [2.24, 2.45) is 0 Å². The zero-order chi connectivity index (χ0) is 20.1. The Labute approximate surface area is 171 Å². The Morgan fingerprint density at radius 2 is 1.62 bits per heavy atom. The van der Waals surface area contributed by atoms with Crippen LogP contribution in [0.2, 0.25) is 0 Å². The number of pyridine rings is 1. The van der Waals surface area contributed by atoms with Crippen LogP contribution in [-0.2, 0) is 6.54 Å². The first-order valence-corrected chi connectivity index (χ1v) is 10.3.